The van der Waals surface area contributed by atoms with Gasteiger partial charge in [0.1, 0.15) is 29.8 Å². The number of benzene rings is 2. The lowest BCUT2D eigenvalue weighted by molar-refractivity contribution is 0.104. The zero-order valence-corrected chi connectivity index (χ0v) is 21.3. The molecule has 5 rings (SSSR count). The van der Waals surface area contributed by atoms with Gasteiger partial charge in [0.15, 0.2) is 5.78 Å². The van der Waals surface area contributed by atoms with Gasteiger partial charge in [-0.3, -0.25) is 4.79 Å². The number of carbonyl (C=O) groups is 1. The van der Waals surface area contributed by atoms with E-state index in [0.717, 1.165) is 30.4 Å². The monoisotopic (exact) mass is 513 g/mol. The molecular weight excluding hydrogens is 498 g/mol. The zero-order valence-electron chi connectivity index (χ0n) is 19.7. The molecule has 1 aliphatic rings. The maximum Gasteiger partial charge on any atom is 0.194 e. The van der Waals surface area contributed by atoms with Crippen LogP contribution in [0.4, 0.5) is 5.69 Å². The molecule has 0 N–H and O–H groups in total. The summed E-state index contributed by atoms with van der Waals surface area (Å²) in [7, 11) is 4.00. The quantitative estimate of drug-likeness (QED) is 0.227. The van der Waals surface area contributed by atoms with E-state index in [1.807, 2.05) is 49.3 Å². The van der Waals surface area contributed by atoms with Gasteiger partial charge in [-0.05, 0) is 53.6 Å². The number of allylic oxidation sites excluding steroid dienone is 3. The number of hydrogen-bond donors (Lipinski definition) is 0. The fourth-order valence-corrected chi connectivity index (χ4v) is 6.62. The third-order valence-electron chi connectivity index (χ3n) is 6.08. The number of ketones is 1. The number of nitrogens with zero attached hydrogens (tertiary/aromatic N) is 5. The van der Waals surface area contributed by atoms with Gasteiger partial charge in [0.25, 0.3) is 0 Å². The van der Waals surface area contributed by atoms with Crippen LogP contribution in [0.5, 0.6) is 0 Å². The van der Waals surface area contributed by atoms with E-state index in [-0.39, 0.29) is 39.2 Å². The molecule has 2 aromatic carbocycles. The highest BCUT2D eigenvalue weighted by Crippen LogP contribution is 2.43. The third-order valence-corrected chi connectivity index (χ3v) is 8.37. The number of rotatable bonds is 3. The summed E-state index contributed by atoms with van der Waals surface area (Å²) in [4.78, 5) is 17.4. The molecule has 0 fully saturated rings. The molecule has 0 radical (unpaired) electrons. The van der Waals surface area contributed by atoms with Gasteiger partial charge in [-0.25, -0.2) is 0 Å². The minimum absolute atomic E-state index is 0.0773. The van der Waals surface area contributed by atoms with E-state index in [9.17, 15) is 25.8 Å². The van der Waals surface area contributed by atoms with Crippen LogP contribution in [0.1, 0.15) is 31.9 Å². The van der Waals surface area contributed by atoms with Crippen molar-refractivity contribution in [2.45, 2.75) is 0 Å². The Bertz CT molecular complexity index is 1810. The minimum atomic E-state index is -0.382. The molecular formula is C29H15N5OS2. The Hall–Kier alpha value is -4.99. The number of hydrogen-bond acceptors (Lipinski definition) is 8. The summed E-state index contributed by atoms with van der Waals surface area (Å²) in [6, 6.07) is 22.9. The van der Waals surface area contributed by atoms with Crippen molar-refractivity contribution in [3.05, 3.63) is 86.8 Å². The fourth-order valence-electron chi connectivity index (χ4n) is 4.26. The Balaban J connectivity index is 1.59. The molecule has 0 unspecified atom stereocenters. The Morgan fingerprint density at radius 1 is 0.838 bits per heavy atom. The van der Waals surface area contributed by atoms with Gasteiger partial charge in [-0.1, -0.05) is 12.1 Å². The maximum atomic E-state index is 13.4. The van der Waals surface area contributed by atoms with Gasteiger partial charge < -0.3 is 4.90 Å². The van der Waals surface area contributed by atoms with Crippen molar-refractivity contribution < 1.29 is 4.79 Å². The molecule has 0 saturated heterocycles. The lowest BCUT2D eigenvalue weighted by Gasteiger charge is -2.12. The largest absolute Gasteiger partial charge is 0.378 e. The predicted molar refractivity (Wildman–Crippen MR) is 146 cm³/mol. The minimum Gasteiger partial charge on any atom is -0.378 e. The summed E-state index contributed by atoms with van der Waals surface area (Å²) >= 11 is 3.16. The first-order chi connectivity index (χ1) is 17.9. The standard InChI is InChI=1S/C29H15N5OS2/c1-34(2)20-5-3-16(4-6-20)25-11-27-26(37-25)10-21(36-27)9-24-28(19(14-32)15-33)22-7-17(12-30)18(13-31)8-23(22)29(24)35/h3-11H,1-2H3/b24-9-. The van der Waals surface area contributed by atoms with Crippen LogP contribution in [0.25, 0.3) is 31.5 Å². The number of carbonyl (C=O) groups excluding carboxylic acids is 1. The first-order valence-electron chi connectivity index (χ1n) is 11.0. The normalized spacial score (nSPS) is 13.1. The number of thiophene rings is 2. The molecule has 6 nitrogen and oxygen atoms in total. The first-order valence-corrected chi connectivity index (χ1v) is 12.6. The van der Waals surface area contributed by atoms with E-state index < -0.39 is 0 Å². The summed E-state index contributed by atoms with van der Waals surface area (Å²) in [5.74, 6) is -0.382. The number of nitriles is 4. The average Bonchev–Trinajstić information content (AvgIpc) is 3.55. The molecule has 1 aliphatic carbocycles. The average molecular weight is 514 g/mol. The van der Waals surface area contributed by atoms with E-state index in [1.165, 1.54) is 23.5 Å². The van der Waals surface area contributed by atoms with Crippen molar-refractivity contribution in [1.29, 1.82) is 21.0 Å². The lowest BCUT2D eigenvalue weighted by Crippen LogP contribution is -2.07. The molecule has 2 heterocycles. The van der Waals surface area contributed by atoms with Crippen LogP contribution in [0.2, 0.25) is 0 Å². The van der Waals surface area contributed by atoms with E-state index in [2.05, 4.69) is 30.3 Å². The molecule has 0 saturated carbocycles. The van der Waals surface area contributed by atoms with Crippen molar-refractivity contribution >= 4 is 55.2 Å². The molecule has 8 heteroatoms. The highest BCUT2D eigenvalue weighted by Gasteiger charge is 2.34. The smallest absolute Gasteiger partial charge is 0.194 e. The van der Waals surface area contributed by atoms with Crippen LogP contribution in [0.3, 0.4) is 0 Å². The molecule has 37 heavy (non-hydrogen) atoms. The Labute approximate surface area is 221 Å². The highest BCUT2D eigenvalue weighted by atomic mass is 32.1. The Kier molecular flexibility index (Phi) is 5.92. The summed E-state index contributed by atoms with van der Waals surface area (Å²) in [6.45, 7) is 0. The first kappa shape index (κ1) is 23.7. The predicted octanol–water partition coefficient (Wildman–Crippen LogP) is 6.52. The molecule has 0 spiro atoms. The van der Waals surface area contributed by atoms with Crippen molar-refractivity contribution in [3.8, 4) is 34.7 Å². The van der Waals surface area contributed by atoms with Crippen LogP contribution in [0, 0.1) is 45.3 Å². The van der Waals surface area contributed by atoms with E-state index in [4.69, 9.17) is 0 Å². The van der Waals surface area contributed by atoms with Crippen molar-refractivity contribution in [3.63, 3.8) is 0 Å². The van der Waals surface area contributed by atoms with Crippen LogP contribution < -0.4 is 4.90 Å². The van der Waals surface area contributed by atoms with Crippen molar-refractivity contribution in [1.82, 2.24) is 0 Å². The second-order valence-corrected chi connectivity index (χ2v) is 10.7. The Morgan fingerprint density at radius 2 is 1.46 bits per heavy atom. The van der Waals surface area contributed by atoms with Crippen LogP contribution in [-0.4, -0.2) is 19.9 Å². The van der Waals surface area contributed by atoms with Gasteiger partial charge in [-0.2, -0.15) is 21.0 Å². The van der Waals surface area contributed by atoms with Gasteiger partial charge in [0, 0.05) is 55.6 Å². The topological polar surface area (TPSA) is 115 Å². The maximum absolute atomic E-state index is 13.4. The van der Waals surface area contributed by atoms with Gasteiger partial charge in [-0.15, -0.1) is 22.7 Å². The van der Waals surface area contributed by atoms with Crippen molar-refractivity contribution in [2.24, 2.45) is 0 Å². The third kappa shape index (κ3) is 3.98. The van der Waals surface area contributed by atoms with Gasteiger partial charge in [0.05, 0.1) is 11.1 Å². The Morgan fingerprint density at radius 3 is 2.03 bits per heavy atom. The molecule has 4 aromatic rings. The van der Waals surface area contributed by atoms with E-state index in [1.54, 1.807) is 17.4 Å². The van der Waals surface area contributed by atoms with Gasteiger partial charge >= 0.3 is 0 Å². The summed E-state index contributed by atoms with van der Waals surface area (Å²) < 4.78 is 2.13. The molecule has 0 amide bonds. The zero-order chi connectivity index (χ0) is 26.3. The number of fused-ring (bicyclic) bond motifs is 2. The molecule has 0 aliphatic heterocycles. The number of anilines is 1. The number of Topliss-reactive ketones (excluding diaryl/α,β-unsaturated/α-hetero) is 1. The SMILES string of the molecule is CN(C)c1ccc(-c2cc3sc(/C=C4\C(=O)c5cc(C#N)c(C#N)cc5C4=C(C#N)C#N)cc3s2)cc1. The van der Waals surface area contributed by atoms with Crippen LogP contribution >= 0.6 is 22.7 Å². The molecule has 0 atom stereocenters. The fraction of sp³-hybridized carbons (Fsp3) is 0.0690. The summed E-state index contributed by atoms with van der Waals surface area (Å²) in [5.41, 5.74) is 3.14. The summed E-state index contributed by atoms with van der Waals surface area (Å²) in [5, 5.41) is 38.0. The van der Waals surface area contributed by atoms with Crippen LogP contribution in [0.15, 0.2) is 59.7 Å². The van der Waals surface area contributed by atoms with E-state index >= 15 is 0 Å². The van der Waals surface area contributed by atoms with Gasteiger partial charge in [0.2, 0.25) is 0 Å². The highest BCUT2D eigenvalue weighted by molar-refractivity contribution is 7.29. The molecule has 174 valence electrons. The second-order valence-electron chi connectivity index (χ2n) is 8.46. The van der Waals surface area contributed by atoms with Crippen molar-refractivity contribution in [2.75, 3.05) is 19.0 Å². The molecule has 2 aromatic heterocycles. The summed E-state index contributed by atoms with van der Waals surface area (Å²) in [6.07, 6.45) is 1.69. The second kappa shape index (κ2) is 9.23. The van der Waals surface area contributed by atoms with E-state index in [0.29, 0.717) is 5.56 Å². The van der Waals surface area contributed by atoms with Crippen LogP contribution in [-0.2, 0) is 0 Å². The molecule has 0 bridgehead atoms. The lowest BCUT2D eigenvalue weighted by atomic mass is 9.96.